The summed E-state index contributed by atoms with van der Waals surface area (Å²) in [5.41, 5.74) is 2.68. The van der Waals surface area contributed by atoms with Crippen LogP contribution >= 0.6 is 0 Å². The number of nitriles is 1. The summed E-state index contributed by atoms with van der Waals surface area (Å²) in [5, 5.41) is 9.84. The number of aryl methyl sites for hydroxylation is 1. The molecule has 0 aliphatic carbocycles. The van der Waals surface area contributed by atoms with Gasteiger partial charge in [-0.25, -0.2) is 4.98 Å². The summed E-state index contributed by atoms with van der Waals surface area (Å²) < 4.78 is 2.12. The molecule has 1 atom stereocenters. The van der Waals surface area contributed by atoms with Crippen molar-refractivity contribution in [2.45, 2.75) is 45.6 Å². The van der Waals surface area contributed by atoms with Crippen LogP contribution in [0.3, 0.4) is 0 Å². The molecule has 0 radical (unpaired) electrons. The van der Waals surface area contributed by atoms with E-state index in [1.54, 1.807) is 0 Å². The van der Waals surface area contributed by atoms with Gasteiger partial charge in [-0.3, -0.25) is 4.90 Å². The van der Waals surface area contributed by atoms with Crippen molar-refractivity contribution in [2.24, 2.45) is 5.92 Å². The predicted molar refractivity (Wildman–Crippen MR) is 87.6 cm³/mol. The smallest absolute Gasteiger partial charge is 0.137 e. The van der Waals surface area contributed by atoms with Gasteiger partial charge in [-0.05, 0) is 57.8 Å². The van der Waals surface area contributed by atoms with Crippen molar-refractivity contribution in [1.82, 2.24) is 14.3 Å². The predicted octanol–water partition coefficient (Wildman–Crippen LogP) is 3.20. The molecular weight excluding hydrogens is 272 g/mol. The zero-order valence-electron chi connectivity index (χ0n) is 13.7. The second-order valence-electron chi connectivity index (χ2n) is 6.80. The van der Waals surface area contributed by atoms with E-state index in [0.717, 1.165) is 42.5 Å². The first-order valence-corrected chi connectivity index (χ1v) is 8.12. The number of rotatable bonds is 3. The van der Waals surface area contributed by atoms with Gasteiger partial charge in [-0.15, -0.1) is 0 Å². The van der Waals surface area contributed by atoms with E-state index in [1.807, 2.05) is 31.3 Å². The van der Waals surface area contributed by atoms with E-state index in [1.165, 1.54) is 12.8 Å². The standard InChI is InChI=1S/C18H24N4/c1-14-7-10-21(11-8-14)18(3,13-19)12-16-15(2)20-17-6-4-5-9-22(16)17/h4-6,9,14H,7-8,10-12H2,1-3H3. The van der Waals surface area contributed by atoms with E-state index in [-0.39, 0.29) is 0 Å². The maximum absolute atomic E-state index is 9.84. The molecule has 0 bridgehead atoms. The summed E-state index contributed by atoms with van der Waals surface area (Å²) in [6.07, 6.45) is 5.13. The molecule has 116 valence electrons. The largest absolute Gasteiger partial charge is 0.304 e. The van der Waals surface area contributed by atoms with E-state index in [2.05, 4.69) is 34.2 Å². The Morgan fingerprint density at radius 2 is 2.09 bits per heavy atom. The zero-order chi connectivity index (χ0) is 15.7. The van der Waals surface area contributed by atoms with Crippen molar-refractivity contribution in [3.8, 4) is 6.07 Å². The number of nitrogens with zero attached hydrogens (tertiary/aromatic N) is 4. The Bertz CT molecular complexity index is 703. The first-order valence-electron chi connectivity index (χ1n) is 8.12. The molecule has 2 aromatic rings. The minimum Gasteiger partial charge on any atom is -0.304 e. The van der Waals surface area contributed by atoms with Gasteiger partial charge in [0.1, 0.15) is 11.2 Å². The number of aromatic nitrogens is 2. The minimum absolute atomic E-state index is 0.462. The third-order valence-electron chi connectivity index (χ3n) is 5.06. The highest BCUT2D eigenvalue weighted by atomic mass is 15.2. The summed E-state index contributed by atoms with van der Waals surface area (Å²) >= 11 is 0. The fraction of sp³-hybridized carbons (Fsp3) is 0.556. The van der Waals surface area contributed by atoms with Crippen molar-refractivity contribution in [3.63, 3.8) is 0 Å². The molecule has 1 unspecified atom stereocenters. The Morgan fingerprint density at radius 3 is 2.77 bits per heavy atom. The topological polar surface area (TPSA) is 44.3 Å². The number of likely N-dealkylation sites (tertiary alicyclic amines) is 1. The molecule has 4 nitrogen and oxygen atoms in total. The Balaban J connectivity index is 1.91. The van der Waals surface area contributed by atoms with Crippen LogP contribution in [0.5, 0.6) is 0 Å². The number of imidazole rings is 1. The first kappa shape index (κ1) is 15.1. The lowest BCUT2D eigenvalue weighted by molar-refractivity contribution is 0.102. The van der Waals surface area contributed by atoms with Crippen LogP contribution in [0.2, 0.25) is 0 Å². The molecule has 1 fully saturated rings. The van der Waals surface area contributed by atoms with Crippen LogP contribution in [0.25, 0.3) is 5.65 Å². The third-order valence-corrected chi connectivity index (χ3v) is 5.06. The quantitative estimate of drug-likeness (QED) is 0.873. The number of hydrogen-bond acceptors (Lipinski definition) is 3. The summed E-state index contributed by atoms with van der Waals surface area (Å²) in [5.74, 6) is 0.775. The van der Waals surface area contributed by atoms with Crippen LogP contribution in [-0.2, 0) is 6.42 Å². The number of pyridine rings is 1. The number of hydrogen-bond donors (Lipinski definition) is 0. The highest BCUT2D eigenvalue weighted by molar-refractivity contribution is 5.43. The van der Waals surface area contributed by atoms with Gasteiger partial charge in [0.2, 0.25) is 0 Å². The van der Waals surface area contributed by atoms with Crippen molar-refractivity contribution in [1.29, 1.82) is 5.26 Å². The molecule has 1 aliphatic rings. The summed E-state index contributed by atoms with van der Waals surface area (Å²) in [7, 11) is 0. The molecule has 22 heavy (non-hydrogen) atoms. The van der Waals surface area contributed by atoms with Gasteiger partial charge in [0, 0.05) is 18.3 Å². The maximum Gasteiger partial charge on any atom is 0.137 e. The maximum atomic E-state index is 9.84. The van der Waals surface area contributed by atoms with Gasteiger partial charge in [0.15, 0.2) is 0 Å². The van der Waals surface area contributed by atoms with Crippen LogP contribution in [0.1, 0.15) is 38.1 Å². The fourth-order valence-electron chi connectivity index (χ4n) is 3.43. The minimum atomic E-state index is -0.462. The molecule has 3 heterocycles. The SMILES string of the molecule is Cc1nc2ccccn2c1CC(C)(C#N)N1CCC(C)CC1. The van der Waals surface area contributed by atoms with Crippen molar-refractivity contribution in [3.05, 3.63) is 35.8 Å². The van der Waals surface area contributed by atoms with Gasteiger partial charge >= 0.3 is 0 Å². The van der Waals surface area contributed by atoms with Gasteiger partial charge < -0.3 is 4.40 Å². The molecule has 1 aliphatic heterocycles. The molecule has 0 spiro atoms. The second-order valence-corrected chi connectivity index (χ2v) is 6.80. The van der Waals surface area contributed by atoms with Crippen LogP contribution < -0.4 is 0 Å². The number of piperidine rings is 1. The van der Waals surface area contributed by atoms with Crippen LogP contribution in [-0.4, -0.2) is 32.9 Å². The lowest BCUT2D eigenvalue weighted by Gasteiger charge is -2.40. The van der Waals surface area contributed by atoms with E-state index < -0.39 is 5.54 Å². The average Bonchev–Trinajstić information content (AvgIpc) is 2.84. The Morgan fingerprint density at radius 1 is 1.36 bits per heavy atom. The average molecular weight is 296 g/mol. The Labute approximate surface area is 132 Å². The summed E-state index contributed by atoms with van der Waals surface area (Å²) in [6.45, 7) is 8.45. The fourth-order valence-corrected chi connectivity index (χ4v) is 3.43. The van der Waals surface area contributed by atoms with Crippen LogP contribution in [0, 0.1) is 24.2 Å². The molecule has 4 heteroatoms. The van der Waals surface area contributed by atoms with Gasteiger partial charge in [0.25, 0.3) is 0 Å². The van der Waals surface area contributed by atoms with Crippen LogP contribution in [0.15, 0.2) is 24.4 Å². The zero-order valence-corrected chi connectivity index (χ0v) is 13.7. The lowest BCUT2D eigenvalue weighted by atomic mass is 9.89. The Kier molecular flexibility index (Phi) is 3.92. The van der Waals surface area contributed by atoms with Gasteiger partial charge in [-0.2, -0.15) is 5.26 Å². The second kappa shape index (κ2) is 5.73. The molecule has 0 saturated carbocycles. The molecule has 2 aromatic heterocycles. The highest BCUT2D eigenvalue weighted by Gasteiger charge is 2.35. The third kappa shape index (κ3) is 2.62. The number of fused-ring (bicyclic) bond motifs is 1. The molecule has 0 aromatic carbocycles. The lowest BCUT2D eigenvalue weighted by Crippen LogP contribution is -2.50. The molecule has 3 rings (SSSR count). The Hall–Kier alpha value is -1.86. The first-order chi connectivity index (χ1) is 10.5. The van der Waals surface area contributed by atoms with E-state index in [9.17, 15) is 5.26 Å². The highest BCUT2D eigenvalue weighted by Crippen LogP contribution is 2.28. The summed E-state index contributed by atoms with van der Waals surface area (Å²) in [4.78, 5) is 6.98. The van der Waals surface area contributed by atoms with Crippen molar-refractivity contribution >= 4 is 5.65 Å². The monoisotopic (exact) mass is 296 g/mol. The van der Waals surface area contributed by atoms with Crippen molar-refractivity contribution in [2.75, 3.05) is 13.1 Å². The van der Waals surface area contributed by atoms with E-state index in [0.29, 0.717) is 0 Å². The molecule has 0 amide bonds. The molecule has 0 N–H and O–H groups in total. The summed E-state index contributed by atoms with van der Waals surface area (Å²) in [6, 6.07) is 8.61. The van der Waals surface area contributed by atoms with E-state index in [4.69, 9.17) is 0 Å². The van der Waals surface area contributed by atoms with E-state index >= 15 is 0 Å². The van der Waals surface area contributed by atoms with Gasteiger partial charge in [0.05, 0.1) is 11.8 Å². The normalized spacial score (nSPS) is 19.9. The van der Waals surface area contributed by atoms with Crippen LogP contribution in [0.4, 0.5) is 0 Å². The van der Waals surface area contributed by atoms with Gasteiger partial charge in [-0.1, -0.05) is 13.0 Å². The molecule has 1 saturated heterocycles. The molecular formula is C18H24N4. The van der Waals surface area contributed by atoms with Crippen molar-refractivity contribution < 1.29 is 0 Å².